The molecule has 0 bridgehead atoms. The summed E-state index contributed by atoms with van der Waals surface area (Å²) in [4.78, 5) is 23.1. The third-order valence-corrected chi connectivity index (χ3v) is 4.61. The first kappa shape index (κ1) is 20.8. The van der Waals surface area contributed by atoms with Crippen molar-refractivity contribution in [1.82, 2.24) is 0 Å². The predicted molar refractivity (Wildman–Crippen MR) is 99.0 cm³/mol. The van der Waals surface area contributed by atoms with Crippen LogP contribution in [-0.2, 0) is 17.0 Å². The van der Waals surface area contributed by atoms with E-state index in [0.29, 0.717) is 17.0 Å². The van der Waals surface area contributed by atoms with Crippen LogP contribution in [0.5, 0.6) is 0 Å². The van der Waals surface area contributed by atoms with Gasteiger partial charge >= 0.3 is 12.1 Å². The molecule has 0 aromatic heterocycles. The highest BCUT2D eigenvalue weighted by Crippen LogP contribution is 2.24. The molecule has 144 valence electrons. The topological polar surface area (TPSA) is 66.4 Å². The summed E-state index contributed by atoms with van der Waals surface area (Å²) in [5.41, 5.74) is 1.87. The maximum Gasteiger partial charge on any atom is 0.389 e. The Bertz CT molecular complexity index is 809. The summed E-state index contributed by atoms with van der Waals surface area (Å²) in [6.07, 6.45) is -5.54. The predicted octanol–water partition coefficient (Wildman–Crippen LogP) is 4.75. The second kappa shape index (κ2) is 9.45. The number of carbonyl (C=O) groups excluding carboxylic acids is 1. The van der Waals surface area contributed by atoms with E-state index in [1.54, 1.807) is 30.3 Å². The number of carbonyl (C=O) groups is 2. The van der Waals surface area contributed by atoms with Crippen LogP contribution >= 0.6 is 11.8 Å². The number of nitrogens with one attached hydrogen (secondary N) is 1. The zero-order chi connectivity index (χ0) is 19.9. The van der Waals surface area contributed by atoms with E-state index in [9.17, 15) is 22.8 Å². The summed E-state index contributed by atoms with van der Waals surface area (Å²) in [5.74, 6) is -0.940. The van der Waals surface area contributed by atoms with Gasteiger partial charge in [0, 0.05) is 23.4 Å². The van der Waals surface area contributed by atoms with Gasteiger partial charge in [-0.1, -0.05) is 30.3 Å². The molecule has 0 spiro atoms. The van der Waals surface area contributed by atoms with Gasteiger partial charge in [-0.25, -0.2) is 0 Å². The van der Waals surface area contributed by atoms with Crippen molar-refractivity contribution in [3.05, 3.63) is 65.2 Å². The highest BCUT2D eigenvalue weighted by molar-refractivity contribution is 7.99. The van der Waals surface area contributed by atoms with Crippen molar-refractivity contribution in [2.45, 2.75) is 24.8 Å². The van der Waals surface area contributed by atoms with E-state index in [1.807, 2.05) is 6.07 Å². The number of alkyl halides is 3. The maximum atomic E-state index is 12.5. The third-order valence-electron chi connectivity index (χ3n) is 3.62. The number of anilines is 1. The van der Waals surface area contributed by atoms with Crippen LogP contribution in [0.2, 0.25) is 0 Å². The van der Waals surface area contributed by atoms with Gasteiger partial charge in [0.2, 0.25) is 0 Å². The van der Waals surface area contributed by atoms with Gasteiger partial charge in [0.25, 0.3) is 5.91 Å². The first-order valence-electron chi connectivity index (χ1n) is 8.09. The lowest BCUT2D eigenvalue weighted by Crippen LogP contribution is -2.16. The number of rotatable bonds is 8. The van der Waals surface area contributed by atoms with Crippen molar-refractivity contribution >= 4 is 29.3 Å². The molecule has 8 heteroatoms. The minimum Gasteiger partial charge on any atom is -0.481 e. The monoisotopic (exact) mass is 397 g/mol. The number of amides is 1. The zero-order valence-corrected chi connectivity index (χ0v) is 15.1. The quantitative estimate of drug-likeness (QED) is 0.675. The van der Waals surface area contributed by atoms with E-state index in [0.717, 1.165) is 5.56 Å². The molecule has 2 rings (SSSR count). The molecule has 0 fully saturated rings. The summed E-state index contributed by atoms with van der Waals surface area (Å²) < 4.78 is 37.4. The van der Waals surface area contributed by atoms with Crippen LogP contribution in [0, 0.1) is 0 Å². The van der Waals surface area contributed by atoms with Crippen molar-refractivity contribution < 1.29 is 27.9 Å². The molecule has 0 aliphatic rings. The van der Waals surface area contributed by atoms with Gasteiger partial charge < -0.3 is 10.4 Å². The first-order chi connectivity index (χ1) is 12.7. The van der Waals surface area contributed by atoms with Crippen LogP contribution in [0.25, 0.3) is 0 Å². The number of carboxylic acid groups (broad SMARTS) is 1. The van der Waals surface area contributed by atoms with Gasteiger partial charge in [-0.15, -0.1) is 11.8 Å². The minimum atomic E-state index is -4.29. The van der Waals surface area contributed by atoms with Crippen molar-refractivity contribution in [3.8, 4) is 0 Å². The highest BCUT2D eigenvalue weighted by atomic mass is 32.2. The molecule has 4 nitrogen and oxygen atoms in total. The highest BCUT2D eigenvalue weighted by Gasteiger charge is 2.27. The Hall–Kier alpha value is -2.48. The fourth-order valence-electron chi connectivity index (χ4n) is 2.43. The average Bonchev–Trinajstić information content (AvgIpc) is 2.59. The SMILES string of the molecule is O=C(O)CSCc1cccc(NC(=O)c2ccccc2CCC(F)(F)F)c1. The summed E-state index contributed by atoms with van der Waals surface area (Å²) >= 11 is 1.23. The third kappa shape index (κ3) is 7.34. The number of halogens is 3. The second-order valence-electron chi connectivity index (χ2n) is 5.81. The second-order valence-corrected chi connectivity index (χ2v) is 6.80. The molecule has 0 saturated heterocycles. The molecule has 0 aliphatic heterocycles. The van der Waals surface area contributed by atoms with Crippen LogP contribution in [0.15, 0.2) is 48.5 Å². The fourth-order valence-corrected chi connectivity index (χ4v) is 3.12. The van der Waals surface area contributed by atoms with E-state index >= 15 is 0 Å². The molecular formula is C19H18F3NO3S. The molecule has 0 saturated carbocycles. The first-order valence-corrected chi connectivity index (χ1v) is 9.24. The lowest BCUT2D eigenvalue weighted by molar-refractivity contribution is -0.134. The number of benzene rings is 2. The number of aryl methyl sites for hydroxylation is 1. The molecule has 0 unspecified atom stereocenters. The lowest BCUT2D eigenvalue weighted by Gasteiger charge is -2.12. The van der Waals surface area contributed by atoms with E-state index in [2.05, 4.69) is 5.32 Å². The van der Waals surface area contributed by atoms with Crippen LogP contribution < -0.4 is 5.32 Å². The van der Waals surface area contributed by atoms with Gasteiger partial charge in [-0.2, -0.15) is 13.2 Å². The lowest BCUT2D eigenvalue weighted by atomic mass is 10.0. The van der Waals surface area contributed by atoms with Gasteiger partial charge in [0.15, 0.2) is 0 Å². The molecule has 1 amide bonds. The number of aliphatic carboxylic acids is 1. The zero-order valence-electron chi connectivity index (χ0n) is 14.3. The number of hydrogen-bond donors (Lipinski definition) is 2. The normalized spacial score (nSPS) is 11.2. The Labute approximate surface area is 158 Å². The molecule has 0 radical (unpaired) electrons. The Kier molecular flexibility index (Phi) is 7.29. The van der Waals surface area contributed by atoms with Crippen LogP contribution in [0.1, 0.15) is 27.9 Å². The molecule has 2 aromatic carbocycles. The standard InChI is InChI=1S/C19H18F3NO3S/c20-19(21,22)9-8-14-5-1-2-7-16(14)18(26)23-15-6-3-4-13(10-15)11-27-12-17(24)25/h1-7,10H,8-9,11-12H2,(H,23,26)(H,24,25). The van der Waals surface area contributed by atoms with Crippen LogP contribution in [-0.4, -0.2) is 28.9 Å². The van der Waals surface area contributed by atoms with E-state index in [4.69, 9.17) is 5.11 Å². The summed E-state index contributed by atoms with van der Waals surface area (Å²) in [6, 6.07) is 13.1. The van der Waals surface area contributed by atoms with Gasteiger partial charge in [0.05, 0.1) is 5.75 Å². The summed E-state index contributed by atoms with van der Waals surface area (Å²) in [5, 5.41) is 11.4. The Morgan fingerprint density at radius 2 is 1.81 bits per heavy atom. The number of hydrogen-bond acceptors (Lipinski definition) is 3. The maximum absolute atomic E-state index is 12.5. The van der Waals surface area contributed by atoms with Gasteiger partial charge in [-0.3, -0.25) is 9.59 Å². The van der Waals surface area contributed by atoms with E-state index in [-0.39, 0.29) is 17.7 Å². The van der Waals surface area contributed by atoms with Crippen molar-refractivity contribution in [2.75, 3.05) is 11.1 Å². The molecule has 2 N–H and O–H groups in total. The molecule has 27 heavy (non-hydrogen) atoms. The van der Waals surface area contributed by atoms with Crippen LogP contribution in [0.3, 0.4) is 0 Å². The summed E-state index contributed by atoms with van der Waals surface area (Å²) in [7, 11) is 0. The van der Waals surface area contributed by atoms with Gasteiger partial charge in [-0.05, 0) is 35.7 Å². The molecular weight excluding hydrogens is 379 g/mol. The molecule has 0 aliphatic carbocycles. The van der Waals surface area contributed by atoms with Crippen molar-refractivity contribution in [1.29, 1.82) is 0 Å². The Balaban J connectivity index is 2.06. The van der Waals surface area contributed by atoms with Crippen molar-refractivity contribution in [3.63, 3.8) is 0 Å². The summed E-state index contributed by atoms with van der Waals surface area (Å²) in [6.45, 7) is 0. The smallest absolute Gasteiger partial charge is 0.389 e. The molecule has 0 atom stereocenters. The molecule has 0 heterocycles. The minimum absolute atomic E-state index is 0.0246. The Morgan fingerprint density at radius 1 is 1.07 bits per heavy atom. The van der Waals surface area contributed by atoms with E-state index in [1.165, 1.54) is 23.9 Å². The molecule has 2 aromatic rings. The number of thioether (sulfide) groups is 1. The average molecular weight is 397 g/mol. The largest absolute Gasteiger partial charge is 0.481 e. The number of carboxylic acids is 1. The van der Waals surface area contributed by atoms with E-state index < -0.39 is 24.5 Å². The Morgan fingerprint density at radius 3 is 2.52 bits per heavy atom. The van der Waals surface area contributed by atoms with Crippen LogP contribution in [0.4, 0.5) is 18.9 Å². The fraction of sp³-hybridized carbons (Fsp3) is 0.263. The van der Waals surface area contributed by atoms with Gasteiger partial charge in [0.1, 0.15) is 0 Å². The van der Waals surface area contributed by atoms with Crippen molar-refractivity contribution in [2.24, 2.45) is 0 Å².